The molecule has 0 radical (unpaired) electrons. The number of hydrogen-bond acceptors (Lipinski definition) is 8. The van der Waals surface area contributed by atoms with Crippen LogP contribution in [0.5, 0.6) is 0 Å². The molecule has 3 heterocycles. The number of hydroxylamine groups is 3. The highest BCUT2D eigenvalue weighted by molar-refractivity contribution is 7.80. The van der Waals surface area contributed by atoms with Crippen LogP contribution < -0.4 is 5.48 Å². The molecule has 0 aromatic carbocycles. The second-order valence-electron chi connectivity index (χ2n) is 9.53. The fourth-order valence-corrected chi connectivity index (χ4v) is 4.53. The van der Waals surface area contributed by atoms with Crippen molar-refractivity contribution in [3.05, 3.63) is 0 Å². The van der Waals surface area contributed by atoms with Crippen LogP contribution in [0.25, 0.3) is 0 Å². The Hall–Kier alpha value is -2.16. The summed E-state index contributed by atoms with van der Waals surface area (Å²) in [6.07, 6.45) is 0.929. The molecule has 3 fully saturated rings. The first-order valence-electron chi connectivity index (χ1n) is 10.4. The van der Waals surface area contributed by atoms with Crippen molar-refractivity contribution in [3.8, 4) is 0 Å². The van der Waals surface area contributed by atoms with E-state index >= 15 is 0 Å². The van der Waals surface area contributed by atoms with Crippen molar-refractivity contribution >= 4 is 28.4 Å². The van der Waals surface area contributed by atoms with Gasteiger partial charge in [0.15, 0.2) is 0 Å². The molecule has 0 saturated carbocycles. The summed E-state index contributed by atoms with van der Waals surface area (Å²) < 4.78 is 40.9. The minimum atomic E-state index is -4.89. The third-order valence-electron chi connectivity index (χ3n) is 5.58. The van der Waals surface area contributed by atoms with E-state index in [9.17, 15) is 22.8 Å². The van der Waals surface area contributed by atoms with E-state index in [1.165, 1.54) is 9.80 Å². The van der Waals surface area contributed by atoms with Crippen LogP contribution in [0.4, 0.5) is 9.59 Å². The zero-order valence-corrected chi connectivity index (χ0v) is 19.4. The number of hydrogen-bond donors (Lipinski definition) is 2. The average Bonchev–Trinajstić information content (AvgIpc) is 2.85. The Balaban J connectivity index is 1.56. The van der Waals surface area contributed by atoms with Crippen LogP contribution in [0.3, 0.4) is 0 Å². The molecule has 3 aliphatic heterocycles. The smallest absolute Gasteiger partial charge is 0.418 e. The van der Waals surface area contributed by atoms with E-state index in [0.717, 1.165) is 0 Å². The quantitative estimate of drug-likeness (QED) is 0.432. The van der Waals surface area contributed by atoms with E-state index in [4.69, 9.17) is 14.1 Å². The Kier molecular flexibility index (Phi) is 6.62. The lowest BCUT2D eigenvalue weighted by molar-refractivity contribution is -0.146. The molecule has 3 aliphatic rings. The maximum Gasteiger partial charge on any atom is 0.418 e. The third kappa shape index (κ3) is 5.60. The van der Waals surface area contributed by atoms with Gasteiger partial charge in [-0.25, -0.2) is 15.1 Å². The summed E-state index contributed by atoms with van der Waals surface area (Å²) in [6, 6.07) is -1.73. The van der Waals surface area contributed by atoms with E-state index in [-0.39, 0.29) is 25.9 Å². The van der Waals surface area contributed by atoms with Crippen LogP contribution in [-0.4, -0.2) is 88.8 Å². The maximum atomic E-state index is 12.7. The van der Waals surface area contributed by atoms with Gasteiger partial charge in [-0.05, 0) is 53.4 Å². The van der Waals surface area contributed by atoms with Crippen molar-refractivity contribution in [3.63, 3.8) is 0 Å². The maximum absolute atomic E-state index is 12.7. The number of nitrogens with one attached hydrogen (secondary N) is 1. The van der Waals surface area contributed by atoms with Gasteiger partial charge in [-0.3, -0.25) is 14.2 Å². The molecule has 0 aliphatic carbocycles. The molecule has 182 valence electrons. The molecule has 3 rings (SSSR count). The highest BCUT2D eigenvalue weighted by atomic mass is 32.3. The summed E-state index contributed by atoms with van der Waals surface area (Å²) in [5.74, 6) is -0.566. The molecule has 13 nitrogen and oxygen atoms in total. The van der Waals surface area contributed by atoms with E-state index in [1.807, 2.05) is 0 Å². The molecule has 3 saturated heterocycles. The van der Waals surface area contributed by atoms with Crippen molar-refractivity contribution in [1.82, 2.24) is 20.3 Å². The van der Waals surface area contributed by atoms with Crippen LogP contribution in [0.15, 0.2) is 0 Å². The summed E-state index contributed by atoms with van der Waals surface area (Å²) in [4.78, 5) is 45.8. The Morgan fingerprint density at radius 1 is 1.25 bits per heavy atom. The monoisotopic (exact) mass is 478 g/mol. The van der Waals surface area contributed by atoms with Gasteiger partial charge < -0.3 is 14.5 Å². The van der Waals surface area contributed by atoms with E-state index in [1.54, 1.807) is 27.7 Å². The summed E-state index contributed by atoms with van der Waals surface area (Å²) in [6.45, 7) is 7.76. The van der Waals surface area contributed by atoms with Gasteiger partial charge >= 0.3 is 22.5 Å². The average molecular weight is 479 g/mol. The minimum absolute atomic E-state index is 0.0509. The number of piperidine rings is 2. The highest BCUT2D eigenvalue weighted by Crippen LogP contribution is 2.38. The molecule has 2 N–H and O–H groups in total. The number of fused-ring (bicyclic) bond motifs is 2. The van der Waals surface area contributed by atoms with Gasteiger partial charge in [0.1, 0.15) is 17.7 Å². The number of urea groups is 1. The van der Waals surface area contributed by atoms with E-state index in [2.05, 4.69) is 9.76 Å². The molecular formula is C18H30N4O9S. The first kappa shape index (κ1) is 24.5. The standard InChI is InChI=1S/C18H30N4O9S/c1-17(2,3)29-16(25)20-9-5-6-12(10-20)30-19-14(23)13-7-8-18(4)11-21(13)15(24)22(18)31-32(26,27)28/h12-13H,5-11H2,1-4H3,(H,19,23)(H,26,27,28)/t12-,13+,18-/m1/s1. The number of amides is 4. The summed E-state index contributed by atoms with van der Waals surface area (Å²) in [7, 11) is -4.89. The zero-order chi connectivity index (χ0) is 23.9. The topological polar surface area (TPSA) is 155 Å². The van der Waals surface area contributed by atoms with Crippen molar-refractivity contribution in [1.29, 1.82) is 0 Å². The van der Waals surface area contributed by atoms with Crippen LogP contribution in [0, 0.1) is 0 Å². The lowest BCUT2D eigenvalue weighted by atomic mass is 9.89. The number of nitrogens with zero attached hydrogens (tertiary/aromatic N) is 3. The first-order chi connectivity index (χ1) is 14.7. The zero-order valence-electron chi connectivity index (χ0n) is 18.6. The van der Waals surface area contributed by atoms with Gasteiger partial charge in [0.2, 0.25) is 0 Å². The second kappa shape index (κ2) is 8.65. The number of carbonyl (C=O) groups is 3. The fraction of sp³-hybridized carbons (Fsp3) is 0.833. The molecule has 0 aromatic rings. The van der Waals surface area contributed by atoms with E-state index in [0.29, 0.717) is 24.4 Å². The number of carbonyl (C=O) groups excluding carboxylic acids is 3. The van der Waals surface area contributed by atoms with Crippen LogP contribution >= 0.6 is 0 Å². The largest absolute Gasteiger partial charge is 0.444 e. The SMILES string of the molecule is CC(C)(C)OC(=O)N1CCC[C@@H](ONC(=O)[C@@H]2CC[C@]3(C)CN2C(=O)N3OS(=O)(=O)O)C1. The van der Waals surface area contributed by atoms with Gasteiger partial charge in [-0.1, -0.05) is 0 Å². The molecule has 14 heteroatoms. The van der Waals surface area contributed by atoms with Gasteiger partial charge in [0.25, 0.3) is 5.91 Å². The van der Waals surface area contributed by atoms with Crippen LogP contribution in [-0.2, 0) is 29.1 Å². The van der Waals surface area contributed by atoms with Gasteiger partial charge in [-0.15, -0.1) is 4.28 Å². The second-order valence-corrected chi connectivity index (χ2v) is 10.5. The summed E-state index contributed by atoms with van der Waals surface area (Å²) in [5.41, 5.74) is 0.751. The lowest BCUT2D eigenvalue weighted by Crippen LogP contribution is -2.53. The number of likely N-dealkylation sites (tertiary alicyclic amines) is 1. The third-order valence-corrected chi connectivity index (χ3v) is 5.92. The molecule has 0 unspecified atom stereocenters. The lowest BCUT2D eigenvalue weighted by Gasteiger charge is -2.36. The fourth-order valence-electron chi connectivity index (χ4n) is 4.10. The minimum Gasteiger partial charge on any atom is -0.444 e. The molecule has 4 amide bonds. The molecule has 3 atom stereocenters. The van der Waals surface area contributed by atoms with Gasteiger partial charge in [0.05, 0.1) is 12.1 Å². The summed E-state index contributed by atoms with van der Waals surface area (Å²) in [5, 5.41) is 0.594. The molecule has 32 heavy (non-hydrogen) atoms. The predicted octanol–water partition coefficient (Wildman–Crippen LogP) is 0.827. The normalized spacial score (nSPS) is 28.7. The van der Waals surface area contributed by atoms with Crippen molar-refractivity contribution in [2.75, 3.05) is 19.6 Å². The van der Waals surface area contributed by atoms with Crippen molar-refractivity contribution < 1.29 is 41.2 Å². The van der Waals surface area contributed by atoms with Crippen LogP contribution in [0.1, 0.15) is 53.4 Å². The number of rotatable bonds is 5. The molecule has 0 spiro atoms. The van der Waals surface area contributed by atoms with E-state index < -0.39 is 51.7 Å². The van der Waals surface area contributed by atoms with Crippen molar-refractivity contribution in [2.24, 2.45) is 0 Å². The predicted molar refractivity (Wildman–Crippen MR) is 108 cm³/mol. The first-order valence-corrected chi connectivity index (χ1v) is 11.8. The Morgan fingerprint density at radius 2 is 1.94 bits per heavy atom. The van der Waals surface area contributed by atoms with Crippen molar-refractivity contribution in [2.45, 2.75) is 76.7 Å². The van der Waals surface area contributed by atoms with Gasteiger partial charge in [-0.2, -0.15) is 13.5 Å². The summed E-state index contributed by atoms with van der Waals surface area (Å²) >= 11 is 0. The van der Waals surface area contributed by atoms with Crippen LogP contribution in [0.2, 0.25) is 0 Å². The molecule has 0 aromatic heterocycles. The highest BCUT2D eigenvalue weighted by Gasteiger charge is 2.56. The van der Waals surface area contributed by atoms with Gasteiger partial charge in [0, 0.05) is 13.1 Å². The molecule has 2 bridgehead atoms. The Morgan fingerprint density at radius 3 is 2.56 bits per heavy atom. The Bertz CT molecular complexity index is 874. The number of ether oxygens (including phenoxy) is 1. The molecular weight excluding hydrogens is 448 g/mol. The Labute approximate surface area is 186 Å².